The van der Waals surface area contributed by atoms with Gasteiger partial charge in [0.05, 0.1) is 23.3 Å². The van der Waals surface area contributed by atoms with E-state index >= 15 is 0 Å². The molecule has 0 aliphatic carbocycles. The van der Waals surface area contributed by atoms with Gasteiger partial charge in [0, 0.05) is 31.4 Å². The summed E-state index contributed by atoms with van der Waals surface area (Å²) in [5.74, 6) is 0.295. The zero-order valence-corrected chi connectivity index (χ0v) is 20.0. The quantitative estimate of drug-likeness (QED) is 0.487. The first-order valence-corrected chi connectivity index (χ1v) is 11.9. The predicted octanol–water partition coefficient (Wildman–Crippen LogP) is 1.20. The topological polar surface area (TPSA) is 151 Å². The second-order valence-electron chi connectivity index (χ2n) is 8.11. The van der Waals surface area contributed by atoms with E-state index in [1.807, 2.05) is 17.3 Å². The van der Waals surface area contributed by atoms with Crippen LogP contribution in [0.5, 0.6) is 0 Å². The van der Waals surface area contributed by atoms with E-state index in [0.29, 0.717) is 32.0 Å². The fraction of sp³-hybridized carbons (Fsp3) is 0.500. The molecule has 2 aromatic rings. The fourth-order valence-electron chi connectivity index (χ4n) is 3.97. The first-order chi connectivity index (χ1) is 15.8. The summed E-state index contributed by atoms with van der Waals surface area (Å²) >= 11 is 7.52. The van der Waals surface area contributed by atoms with Gasteiger partial charge in [-0.25, -0.2) is 15.0 Å². The summed E-state index contributed by atoms with van der Waals surface area (Å²) in [4.78, 5) is 45.2. The maximum atomic E-state index is 12.7. The Kier molecular flexibility index (Phi) is 6.66. The molecule has 4 rings (SSSR count). The monoisotopic (exact) mass is 491 g/mol. The summed E-state index contributed by atoms with van der Waals surface area (Å²) in [6.07, 6.45) is 2.70. The molecule has 0 radical (unpaired) electrons. The van der Waals surface area contributed by atoms with Gasteiger partial charge in [-0.3, -0.25) is 19.9 Å². The molecule has 2 aliphatic heterocycles. The molecule has 0 saturated carbocycles. The number of carbonyl (C=O) groups excluding carboxylic acids is 2. The fourth-order valence-corrected chi connectivity index (χ4v) is 4.88. The number of rotatable bonds is 5. The molecule has 2 amide bonds. The van der Waals surface area contributed by atoms with Crippen molar-refractivity contribution in [2.24, 2.45) is 4.99 Å². The summed E-state index contributed by atoms with van der Waals surface area (Å²) in [5.41, 5.74) is 8.23. The van der Waals surface area contributed by atoms with E-state index in [9.17, 15) is 9.59 Å². The highest BCUT2D eigenvalue weighted by Gasteiger charge is 2.40. The number of amides is 2. The third kappa shape index (κ3) is 5.01. The van der Waals surface area contributed by atoms with E-state index < -0.39 is 5.91 Å². The van der Waals surface area contributed by atoms with Gasteiger partial charge < -0.3 is 21.3 Å². The average molecular weight is 492 g/mol. The number of piperidine rings is 1. The van der Waals surface area contributed by atoms with Crippen molar-refractivity contribution < 1.29 is 9.59 Å². The van der Waals surface area contributed by atoms with Crippen LogP contribution in [0.1, 0.15) is 40.3 Å². The number of aromatic nitrogens is 3. The summed E-state index contributed by atoms with van der Waals surface area (Å²) < 4.78 is 0. The maximum absolute atomic E-state index is 12.7. The van der Waals surface area contributed by atoms with Crippen molar-refractivity contribution in [3.63, 3.8) is 0 Å². The SMILES string of the molecule is CNc1nc(N)c(Cl)nc1C(=O)NC1=NCC2(CCN(C(=O)CCc3scnc3C)CC2)N1. The number of thiazole rings is 1. The number of hydrogen-bond acceptors (Lipinski definition) is 10. The van der Waals surface area contributed by atoms with Gasteiger partial charge in [0.1, 0.15) is 0 Å². The Balaban J connectivity index is 1.29. The van der Waals surface area contributed by atoms with Crippen LogP contribution in [0, 0.1) is 6.92 Å². The molecule has 0 aromatic carbocycles. The molecule has 13 heteroatoms. The van der Waals surface area contributed by atoms with E-state index in [1.165, 1.54) is 0 Å². The number of carbonyl (C=O) groups is 2. The van der Waals surface area contributed by atoms with Gasteiger partial charge in [0.15, 0.2) is 28.4 Å². The molecule has 5 N–H and O–H groups in total. The Morgan fingerprint density at radius 1 is 1.33 bits per heavy atom. The molecule has 11 nitrogen and oxygen atoms in total. The smallest absolute Gasteiger partial charge is 0.280 e. The third-order valence-electron chi connectivity index (χ3n) is 5.97. The number of guanidine groups is 1. The molecule has 1 spiro atoms. The molecule has 176 valence electrons. The molecule has 0 atom stereocenters. The normalized spacial score (nSPS) is 16.9. The highest BCUT2D eigenvalue weighted by Crippen LogP contribution is 2.27. The highest BCUT2D eigenvalue weighted by molar-refractivity contribution is 7.09. The first-order valence-electron chi connectivity index (χ1n) is 10.6. The van der Waals surface area contributed by atoms with E-state index in [4.69, 9.17) is 17.3 Å². The minimum atomic E-state index is -0.497. The molecular weight excluding hydrogens is 466 g/mol. The van der Waals surface area contributed by atoms with Crippen molar-refractivity contribution in [2.45, 2.75) is 38.1 Å². The molecule has 0 unspecified atom stereocenters. The summed E-state index contributed by atoms with van der Waals surface area (Å²) in [5, 5.41) is 8.82. The third-order valence-corrected chi connectivity index (χ3v) is 7.24. The summed E-state index contributed by atoms with van der Waals surface area (Å²) in [6.45, 7) is 3.79. The largest absolute Gasteiger partial charge is 0.381 e. The Hall–Kier alpha value is -2.99. The van der Waals surface area contributed by atoms with Gasteiger partial charge >= 0.3 is 0 Å². The lowest BCUT2D eigenvalue weighted by molar-refractivity contribution is -0.132. The maximum Gasteiger partial charge on any atom is 0.280 e. The second-order valence-corrected chi connectivity index (χ2v) is 9.41. The molecule has 0 bridgehead atoms. The lowest BCUT2D eigenvalue weighted by Gasteiger charge is -2.39. The summed E-state index contributed by atoms with van der Waals surface area (Å²) in [7, 11) is 1.61. The minimum Gasteiger partial charge on any atom is -0.381 e. The van der Waals surface area contributed by atoms with E-state index in [-0.39, 0.29) is 33.9 Å². The molecule has 4 heterocycles. The zero-order valence-electron chi connectivity index (χ0n) is 18.4. The van der Waals surface area contributed by atoms with Crippen molar-refractivity contribution >= 4 is 52.3 Å². The number of nitrogens with zero attached hydrogens (tertiary/aromatic N) is 5. The van der Waals surface area contributed by atoms with Crippen LogP contribution in [0.3, 0.4) is 0 Å². The number of nitrogen functional groups attached to an aromatic ring is 1. The lowest BCUT2D eigenvalue weighted by Crippen LogP contribution is -2.57. The lowest BCUT2D eigenvalue weighted by atomic mass is 9.88. The van der Waals surface area contributed by atoms with Crippen LogP contribution in [-0.2, 0) is 11.2 Å². The Morgan fingerprint density at radius 2 is 2.09 bits per heavy atom. The van der Waals surface area contributed by atoms with Crippen LogP contribution in [0.25, 0.3) is 0 Å². The van der Waals surface area contributed by atoms with Gasteiger partial charge in [0.25, 0.3) is 5.91 Å². The van der Waals surface area contributed by atoms with Crippen molar-refractivity contribution in [1.82, 2.24) is 30.5 Å². The van der Waals surface area contributed by atoms with Gasteiger partial charge in [-0.2, -0.15) is 0 Å². The zero-order chi connectivity index (χ0) is 23.6. The van der Waals surface area contributed by atoms with Gasteiger partial charge in [-0.1, -0.05) is 11.6 Å². The molecule has 2 aromatic heterocycles. The Bertz CT molecular complexity index is 1100. The number of likely N-dealkylation sites (tertiary alicyclic amines) is 1. The number of halogens is 1. The predicted molar refractivity (Wildman–Crippen MR) is 128 cm³/mol. The Morgan fingerprint density at radius 3 is 2.76 bits per heavy atom. The van der Waals surface area contributed by atoms with Crippen LogP contribution in [0.2, 0.25) is 5.15 Å². The number of hydrogen-bond donors (Lipinski definition) is 4. The van der Waals surface area contributed by atoms with E-state index in [1.54, 1.807) is 18.4 Å². The average Bonchev–Trinajstić information content (AvgIpc) is 3.39. The van der Waals surface area contributed by atoms with Gasteiger partial charge in [-0.15, -0.1) is 11.3 Å². The van der Waals surface area contributed by atoms with Crippen LogP contribution >= 0.6 is 22.9 Å². The molecule has 33 heavy (non-hydrogen) atoms. The molecule has 1 fully saturated rings. The highest BCUT2D eigenvalue weighted by atomic mass is 35.5. The number of aliphatic imine (C=N–C) groups is 1. The molecule has 2 aliphatic rings. The van der Waals surface area contributed by atoms with Crippen LogP contribution in [0.4, 0.5) is 11.6 Å². The number of anilines is 2. The first kappa shape index (κ1) is 23.2. The van der Waals surface area contributed by atoms with Crippen molar-refractivity contribution in [1.29, 1.82) is 0 Å². The van der Waals surface area contributed by atoms with Gasteiger partial charge in [-0.05, 0) is 26.2 Å². The van der Waals surface area contributed by atoms with Crippen molar-refractivity contribution in [3.05, 3.63) is 26.9 Å². The van der Waals surface area contributed by atoms with Crippen molar-refractivity contribution in [3.8, 4) is 0 Å². The number of aryl methyl sites for hydroxylation is 2. The minimum absolute atomic E-state index is 0.0266. The van der Waals surface area contributed by atoms with Crippen LogP contribution < -0.4 is 21.7 Å². The van der Waals surface area contributed by atoms with Gasteiger partial charge in [0.2, 0.25) is 5.91 Å². The molecular formula is C20H26ClN9O2S. The second kappa shape index (κ2) is 9.48. The van der Waals surface area contributed by atoms with E-state index in [0.717, 1.165) is 29.8 Å². The van der Waals surface area contributed by atoms with Crippen molar-refractivity contribution in [2.75, 3.05) is 37.7 Å². The number of nitrogens with one attached hydrogen (secondary N) is 3. The van der Waals surface area contributed by atoms with Crippen LogP contribution in [0.15, 0.2) is 10.5 Å². The molecule has 1 saturated heterocycles. The summed E-state index contributed by atoms with van der Waals surface area (Å²) in [6, 6.07) is 0. The van der Waals surface area contributed by atoms with Crippen LogP contribution in [-0.4, -0.2) is 69.8 Å². The standard InChI is InChI=1S/C20H26ClN9O2S/c1-11-12(33-10-25-11)3-4-13(31)30-7-5-20(6-8-30)9-24-19(29-20)28-18(32)14-17(23-2)27-16(22)15(21)26-14/h10H,3-9H2,1-2H3,(H3,22,23,27)(H2,24,28,29,32). The number of nitrogens with two attached hydrogens (primary N) is 1. The Labute approximate surface area is 200 Å². The van der Waals surface area contributed by atoms with E-state index in [2.05, 4.69) is 35.9 Å².